The molecule has 4 nitrogen and oxygen atoms in total. The monoisotopic (exact) mass is 203 g/mol. The molecule has 0 aliphatic heterocycles. The van der Waals surface area contributed by atoms with Crippen molar-refractivity contribution in [2.24, 2.45) is 5.73 Å². The van der Waals surface area contributed by atoms with Gasteiger partial charge in [0.2, 0.25) is 0 Å². The van der Waals surface area contributed by atoms with Crippen LogP contribution in [0.5, 0.6) is 0 Å². The Morgan fingerprint density at radius 3 is 2.50 bits per heavy atom. The van der Waals surface area contributed by atoms with Crippen LogP contribution in [0.3, 0.4) is 0 Å². The molecule has 0 atom stereocenters. The summed E-state index contributed by atoms with van der Waals surface area (Å²) in [6, 6.07) is 0. The molecule has 0 aromatic heterocycles. The van der Waals surface area contributed by atoms with Gasteiger partial charge in [0.05, 0.1) is 7.11 Å². The molecule has 0 radical (unpaired) electrons. The molecule has 84 valence electrons. The molecule has 0 aliphatic rings. The maximum Gasteiger partial charge on any atom is 0.305 e. The normalized spacial score (nSPS) is 10.1. The van der Waals surface area contributed by atoms with Gasteiger partial charge < -0.3 is 15.2 Å². The van der Waals surface area contributed by atoms with Crippen molar-refractivity contribution in [3.05, 3.63) is 0 Å². The third-order valence-electron chi connectivity index (χ3n) is 1.89. The Morgan fingerprint density at radius 1 is 1.14 bits per heavy atom. The molecule has 4 heteroatoms. The van der Waals surface area contributed by atoms with Crippen molar-refractivity contribution in [3.8, 4) is 0 Å². The summed E-state index contributed by atoms with van der Waals surface area (Å²) in [5.41, 5.74) is 5.35. The third-order valence-corrected chi connectivity index (χ3v) is 1.89. The van der Waals surface area contributed by atoms with Crippen LogP contribution in [-0.2, 0) is 14.3 Å². The van der Waals surface area contributed by atoms with Crippen molar-refractivity contribution in [1.29, 1.82) is 0 Å². The van der Waals surface area contributed by atoms with E-state index in [1.807, 2.05) is 0 Å². The van der Waals surface area contributed by atoms with Gasteiger partial charge in [-0.2, -0.15) is 0 Å². The minimum atomic E-state index is -0.170. The first-order valence-electron chi connectivity index (χ1n) is 5.16. The Balaban J connectivity index is 2.95. The smallest absolute Gasteiger partial charge is 0.305 e. The molecule has 14 heavy (non-hydrogen) atoms. The molecular formula is C10H21NO3. The number of carbonyl (C=O) groups excluding carboxylic acids is 1. The summed E-state index contributed by atoms with van der Waals surface area (Å²) in [4.78, 5) is 10.7. The van der Waals surface area contributed by atoms with E-state index in [4.69, 9.17) is 10.5 Å². The number of hydrogen-bond acceptors (Lipinski definition) is 4. The lowest BCUT2D eigenvalue weighted by Crippen LogP contribution is -2.04. The summed E-state index contributed by atoms with van der Waals surface area (Å²) in [5, 5.41) is 0. The van der Waals surface area contributed by atoms with Crippen LogP contribution < -0.4 is 5.73 Å². The molecule has 0 saturated heterocycles. The van der Waals surface area contributed by atoms with Gasteiger partial charge in [-0.25, -0.2) is 0 Å². The van der Waals surface area contributed by atoms with Crippen LogP contribution in [0.4, 0.5) is 0 Å². The number of ether oxygens (including phenoxy) is 2. The first-order chi connectivity index (χ1) is 6.81. The molecule has 0 bridgehead atoms. The predicted octanol–water partition coefficient (Wildman–Crippen LogP) is 1.09. The highest BCUT2D eigenvalue weighted by Gasteiger charge is 1.98. The Morgan fingerprint density at radius 2 is 1.86 bits per heavy atom. The van der Waals surface area contributed by atoms with E-state index >= 15 is 0 Å². The lowest BCUT2D eigenvalue weighted by atomic mass is 10.2. The van der Waals surface area contributed by atoms with E-state index < -0.39 is 0 Å². The Labute approximate surface area is 85.8 Å². The molecule has 0 aliphatic carbocycles. The molecule has 0 heterocycles. The van der Waals surface area contributed by atoms with Crippen LogP contribution in [0, 0.1) is 0 Å². The Bertz CT molecular complexity index is 139. The van der Waals surface area contributed by atoms with Crippen LogP contribution >= 0.6 is 0 Å². The second-order valence-corrected chi connectivity index (χ2v) is 3.14. The summed E-state index contributed by atoms with van der Waals surface area (Å²) in [6.07, 6.45) is 4.41. The lowest BCUT2D eigenvalue weighted by molar-refractivity contribution is -0.141. The zero-order valence-corrected chi connectivity index (χ0v) is 8.96. The van der Waals surface area contributed by atoms with E-state index in [1.54, 1.807) is 0 Å². The molecule has 0 amide bonds. The fourth-order valence-electron chi connectivity index (χ4n) is 1.05. The van der Waals surface area contributed by atoms with Gasteiger partial charge in [-0.3, -0.25) is 4.79 Å². The molecule has 0 aromatic carbocycles. The fourth-order valence-corrected chi connectivity index (χ4v) is 1.05. The first-order valence-corrected chi connectivity index (χ1v) is 5.16. The van der Waals surface area contributed by atoms with Crippen LogP contribution in [0.25, 0.3) is 0 Å². The standard InChI is InChI=1S/C10H21NO3/c1-13-10(12)6-5-9-14-8-4-2-3-7-11/h2-9,11H2,1H3. The quantitative estimate of drug-likeness (QED) is 0.450. The van der Waals surface area contributed by atoms with Crippen molar-refractivity contribution in [1.82, 2.24) is 0 Å². The van der Waals surface area contributed by atoms with Crippen molar-refractivity contribution < 1.29 is 14.3 Å². The SMILES string of the molecule is COC(=O)CCCOCCCCCN. The summed E-state index contributed by atoms with van der Waals surface area (Å²) >= 11 is 0. The summed E-state index contributed by atoms with van der Waals surface area (Å²) < 4.78 is 9.83. The van der Waals surface area contributed by atoms with Crippen molar-refractivity contribution in [3.63, 3.8) is 0 Å². The lowest BCUT2D eigenvalue weighted by Gasteiger charge is -2.03. The van der Waals surface area contributed by atoms with Gasteiger partial charge in [0, 0.05) is 19.6 Å². The molecule has 0 spiro atoms. The van der Waals surface area contributed by atoms with Crippen molar-refractivity contribution >= 4 is 5.97 Å². The molecule has 0 rings (SSSR count). The molecule has 0 aromatic rings. The third kappa shape index (κ3) is 9.48. The zero-order chi connectivity index (χ0) is 10.6. The zero-order valence-electron chi connectivity index (χ0n) is 8.96. The topological polar surface area (TPSA) is 61.5 Å². The molecule has 2 N–H and O–H groups in total. The van der Waals surface area contributed by atoms with E-state index in [1.165, 1.54) is 7.11 Å². The van der Waals surface area contributed by atoms with Gasteiger partial charge in [0.1, 0.15) is 0 Å². The highest BCUT2D eigenvalue weighted by molar-refractivity contribution is 5.68. The van der Waals surface area contributed by atoms with Crippen LogP contribution in [0.15, 0.2) is 0 Å². The van der Waals surface area contributed by atoms with E-state index in [0.29, 0.717) is 13.0 Å². The van der Waals surface area contributed by atoms with Gasteiger partial charge in [0.15, 0.2) is 0 Å². The van der Waals surface area contributed by atoms with E-state index in [-0.39, 0.29) is 5.97 Å². The van der Waals surface area contributed by atoms with E-state index in [9.17, 15) is 4.79 Å². The maximum atomic E-state index is 10.7. The largest absolute Gasteiger partial charge is 0.469 e. The highest BCUT2D eigenvalue weighted by Crippen LogP contribution is 1.96. The molecular weight excluding hydrogens is 182 g/mol. The van der Waals surface area contributed by atoms with Gasteiger partial charge in [-0.15, -0.1) is 0 Å². The fraction of sp³-hybridized carbons (Fsp3) is 0.900. The predicted molar refractivity (Wildman–Crippen MR) is 55.0 cm³/mol. The number of rotatable bonds is 9. The number of methoxy groups -OCH3 is 1. The molecule has 0 saturated carbocycles. The second kappa shape index (κ2) is 10.5. The van der Waals surface area contributed by atoms with Gasteiger partial charge in [-0.1, -0.05) is 0 Å². The Kier molecular flexibility index (Phi) is 10.0. The van der Waals surface area contributed by atoms with Gasteiger partial charge in [-0.05, 0) is 32.2 Å². The van der Waals surface area contributed by atoms with Crippen LogP contribution in [0.1, 0.15) is 32.1 Å². The number of unbranched alkanes of at least 4 members (excludes halogenated alkanes) is 2. The average molecular weight is 203 g/mol. The molecule has 0 fully saturated rings. The number of hydrogen-bond donors (Lipinski definition) is 1. The number of nitrogens with two attached hydrogens (primary N) is 1. The average Bonchev–Trinajstić information content (AvgIpc) is 2.21. The number of carbonyl (C=O) groups is 1. The van der Waals surface area contributed by atoms with Crippen LogP contribution in [0.2, 0.25) is 0 Å². The minimum Gasteiger partial charge on any atom is -0.469 e. The van der Waals surface area contributed by atoms with E-state index in [2.05, 4.69) is 4.74 Å². The first kappa shape index (κ1) is 13.4. The minimum absolute atomic E-state index is 0.170. The van der Waals surface area contributed by atoms with Crippen molar-refractivity contribution in [2.45, 2.75) is 32.1 Å². The van der Waals surface area contributed by atoms with Gasteiger partial charge in [0.25, 0.3) is 0 Å². The summed E-state index contributed by atoms with van der Waals surface area (Å²) in [6.45, 7) is 2.15. The summed E-state index contributed by atoms with van der Waals surface area (Å²) in [7, 11) is 1.40. The van der Waals surface area contributed by atoms with Crippen molar-refractivity contribution in [2.75, 3.05) is 26.9 Å². The van der Waals surface area contributed by atoms with Gasteiger partial charge >= 0.3 is 5.97 Å². The molecule has 0 unspecified atom stereocenters. The number of esters is 1. The van der Waals surface area contributed by atoms with E-state index in [0.717, 1.165) is 38.8 Å². The maximum absolute atomic E-state index is 10.7. The second-order valence-electron chi connectivity index (χ2n) is 3.14. The van der Waals surface area contributed by atoms with Crippen LogP contribution in [-0.4, -0.2) is 32.8 Å². The highest BCUT2D eigenvalue weighted by atomic mass is 16.5. The summed E-state index contributed by atoms with van der Waals surface area (Å²) in [5.74, 6) is -0.170. The Hall–Kier alpha value is -0.610.